The number of fused-ring (bicyclic) bond motifs is 2. The summed E-state index contributed by atoms with van der Waals surface area (Å²) >= 11 is 0. The van der Waals surface area contributed by atoms with E-state index in [-0.39, 0.29) is 18.6 Å². The van der Waals surface area contributed by atoms with Gasteiger partial charge in [0.1, 0.15) is 5.75 Å². The van der Waals surface area contributed by atoms with Gasteiger partial charge >= 0.3 is 5.97 Å². The van der Waals surface area contributed by atoms with E-state index in [9.17, 15) is 9.90 Å². The van der Waals surface area contributed by atoms with Crippen LogP contribution in [0.25, 0.3) is 0 Å². The van der Waals surface area contributed by atoms with Gasteiger partial charge in [-0.25, -0.2) is 0 Å². The van der Waals surface area contributed by atoms with Crippen molar-refractivity contribution < 1.29 is 24.1 Å². The van der Waals surface area contributed by atoms with Crippen LogP contribution in [0.1, 0.15) is 85.5 Å². The fraction of sp³-hybridized carbons (Fsp3) is 0.438. The third kappa shape index (κ3) is 4.84. The van der Waals surface area contributed by atoms with E-state index in [0.29, 0.717) is 17.4 Å². The van der Waals surface area contributed by atoms with Gasteiger partial charge in [0.2, 0.25) is 6.79 Å². The highest BCUT2D eigenvalue weighted by Crippen LogP contribution is 2.54. The number of aliphatic carboxylic acids is 1. The molecule has 200 valence electrons. The van der Waals surface area contributed by atoms with Gasteiger partial charge in [-0.05, 0) is 77.8 Å². The van der Waals surface area contributed by atoms with Gasteiger partial charge in [-0.3, -0.25) is 9.78 Å². The first-order chi connectivity index (χ1) is 18.4. The molecule has 2 aromatic carbocycles. The summed E-state index contributed by atoms with van der Waals surface area (Å²) in [5.41, 5.74) is 5.95. The van der Waals surface area contributed by atoms with Crippen molar-refractivity contribution >= 4 is 5.97 Å². The standard InChI is InChI=1S/C32H37NO5/c1-5-7-8-22-10-12-25-28(20-9-14-26-27(17-20)38-18-37-26)30(32(34)35)29(31(25)33-22)24-13-11-23(36-4)16-21(24)15-19(3)6-2/h9-14,16-17,19,28-30H,5-8,15,18H2,1-4H3,(H,34,35)/t19-,28+,29+,30?/m1/s1. The number of aryl methyl sites for hydroxylation is 1. The van der Waals surface area contributed by atoms with Crippen molar-refractivity contribution in [3.63, 3.8) is 0 Å². The first kappa shape index (κ1) is 26.1. The molecule has 0 spiro atoms. The second-order valence-electron chi connectivity index (χ2n) is 10.6. The maximum atomic E-state index is 13.1. The summed E-state index contributed by atoms with van der Waals surface area (Å²) in [5, 5.41) is 10.8. The van der Waals surface area contributed by atoms with E-state index < -0.39 is 11.9 Å². The average molecular weight is 516 g/mol. The number of hydrogen-bond donors (Lipinski definition) is 1. The van der Waals surface area contributed by atoms with E-state index in [1.807, 2.05) is 24.3 Å². The van der Waals surface area contributed by atoms with Crippen LogP contribution < -0.4 is 14.2 Å². The number of carboxylic acids is 1. The van der Waals surface area contributed by atoms with E-state index >= 15 is 0 Å². The highest BCUT2D eigenvalue weighted by atomic mass is 16.7. The van der Waals surface area contributed by atoms with Crippen LogP contribution in [0.5, 0.6) is 17.2 Å². The van der Waals surface area contributed by atoms with Crippen molar-refractivity contribution in [2.24, 2.45) is 11.8 Å². The molecular weight excluding hydrogens is 478 g/mol. The minimum Gasteiger partial charge on any atom is -0.497 e. The van der Waals surface area contributed by atoms with E-state index in [4.69, 9.17) is 19.2 Å². The molecule has 1 unspecified atom stereocenters. The van der Waals surface area contributed by atoms with Gasteiger partial charge in [0.25, 0.3) is 0 Å². The zero-order valence-corrected chi connectivity index (χ0v) is 22.7. The highest BCUT2D eigenvalue weighted by molar-refractivity contribution is 5.77. The molecule has 1 aliphatic heterocycles. The number of unbranched alkanes of at least 4 members (excludes halogenated alkanes) is 1. The number of benzene rings is 2. The monoisotopic (exact) mass is 515 g/mol. The Morgan fingerprint density at radius 2 is 1.84 bits per heavy atom. The fourth-order valence-electron chi connectivity index (χ4n) is 5.92. The summed E-state index contributed by atoms with van der Waals surface area (Å²) in [6, 6.07) is 16.1. The molecule has 1 N–H and O–H groups in total. The lowest BCUT2D eigenvalue weighted by molar-refractivity contribution is -0.142. The van der Waals surface area contributed by atoms with Crippen molar-refractivity contribution in [3.8, 4) is 17.2 Å². The van der Waals surface area contributed by atoms with Gasteiger partial charge in [-0.1, -0.05) is 51.8 Å². The lowest BCUT2D eigenvalue weighted by Gasteiger charge is -2.25. The van der Waals surface area contributed by atoms with Crippen LogP contribution in [0.15, 0.2) is 48.5 Å². The van der Waals surface area contributed by atoms with Crippen molar-refractivity contribution in [1.29, 1.82) is 0 Å². The maximum absolute atomic E-state index is 13.1. The molecule has 3 aromatic rings. The zero-order valence-electron chi connectivity index (χ0n) is 22.7. The molecule has 4 atom stereocenters. The smallest absolute Gasteiger partial charge is 0.308 e. The summed E-state index contributed by atoms with van der Waals surface area (Å²) < 4.78 is 16.8. The van der Waals surface area contributed by atoms with Crippen LogP contribution in [0.4, 0.5) is 0 Å². The fourth-order valence-corrected chi connectivity index (χ4v) is 5.92. The predicted octanol–water partition coefficient (Wildman–Crippen LogP) is 6.73. The number of hydrogen-bond acceptors (Lipinski definition) is 5. The van der Waals surface area contributed by atoms with Crippen LogP contribution in [0.3, 0.4) is 0 Å². The molecule has 0 saturated heterocycles. The molecule has 0 saturated carbocycles. The van der Waals surface area contributed by atoms with Gasteiger partial charge in [0.15, 0.2) is 11.5 Å². The maximum Gasteiger partial charge on any atom is 0.308 e. The number of rotatable bonds is 10. The summed E-state index contributed by atoms with van der Waals surface area (Å²) in [7, 11) is 1.67. The third-order valence-corrected chi connectivity index (χ3v) is 8.14. The van der Waals surface area contributed by atoms with Gasteiger partial charge in [-0.15, -0.1) is 0 Å². The number of ether oxygens (including phenoxy) is 3. The molecule has 1 aromatic heterocycles. The number of nitrogens with zero attached hydrogens (tertiary/aromatic N) is 1. The minimum absolute atomic E-state index is 0.179. The molecule has 0 amide bonds. The molecule has 5 rings (SSSR count). The second-order valence-corrected chi connectivity index (χ2v) is 10.6. The van der Waals surface area contributed by atoms with Crippen LogP contribution in [0.2, 0.25) is 0 Å². The third-order valence-electron chi connectivity index (χ3n) is 8.14. The Labute approximate surface area is 225 Å². The highest BCUT2D eigenvalue weighted by Gasteiger charge is 2.48. The molecule has 2 aliphatic rings. The Balaban J connectivity index is 1.70. The van der Waals surface area contributed by atoms with Crippen molar-refractivity contribution in [1.82, 2.24) is 4.98 Å². The molecule has 0 fully saturated rings. The second kappa shape index (κ2) is 11.1. The first-order valence-corrected chi connectivity index (χ1v) is 13.7. The van der Waals surface area contributed by atoms with Crippen LogP contribution in [0, 0.1) is 11.8 Å². The molecule has 0 bridgehead atoms. The summed E-state index contributed by atoms with van der Waals surface area (Å²) in [5.74, 6) is 0.338. The Bertz CT molecular complexity index is 1320. The summed E-state index contributed by atoms with van der Waals surface area (Å²) in [4.78, 5) is 18.3. The van der Waals surface area contributed by atoms with Gasteiger partial charge in [0, 0.05) is 17.5 Å². The minimum atomic E-state index is -0.823. The SMILES string of the molecule is CCCCc1ccc2c(n1)[C@@H](c1ccc(OC)cc1C[C@H](C)CC)C(C(=O)O)[C@H]2c1ccc2c(c1)OCO2. The van der Waals surface area contributed by atoms with E-state index in [2.05, 4.69) is 45.0 Å². The summed E-state index contributed by atoms with van der Waals surface area (Å²) in [6.45, 7) is 6.77. The molecule has 38 heavy (non-hydrogen) atoms. The van der Waals surface area contributed by atoms with Gasteiger partial charge < -0.3 is 19.3 Å². The van der Waals surface area contributed by atoms with Crippen molar-refractivity contribution in [2.75, 3.05) is 13.9 Å². The zero-order chi connectivity index (χ0) is 26.8. The molecule has 6 heteroatoms. The van der Waals surface area contributed by atoms with Crippen molar-refractivity contribution in [3.05, 3.63) is 82.2 Å². The average Bonchev–Trinajstić information content (AvgIpc) is 3.53. The first-order valence-electron chi connectivity index (χ1n) is 13.7. The Morgan fingerprint density at radius 1 is 1.05 bits per heavy atom. The largest absolute Gasteiger partial charge is 0.497 e. The number of methoxy groups -OCH3 is 1. The van der Waals surface area contributed by atoms with Crippen molar-refractivity contribution in [2.45, 2.75) is 64.7 Å². The normalized spacial score (nSPS) is 20.3. The number of aromatic nitrogens is 1. The van der Waals surface area contributed by atoms with Crippen LogP contribution in [-0.2, 0) is 17.6 Å². The Morgan fingerprint density at radius 3 is 2.58 bits per heavy atom. The molecular formula is C32H37NO5. The van der Waals surface area contributed by atoms with Crippen LogP contribution >= 0.6 is 0 Å². The number of carboxylic acid groups (broad SMARTS) is 1. The quantitative estimate of drug-likeness (QED) is 0.323. The van der Waals surface area contributed by atoms with E-state index in [1.54, 1.807) is 7.11 Å². The lowest BCUT2D eigenvalue weighted by atomic mass is 9.78. The summed E-state index contributed by atoms with van der Waals surface area (Å²) in [6.07, 6.45) is 4.90. The number of pyridine rings is 1. The topological polar surface area (TPSA) is 77.9 Å². The molecule has 2 heterocycles. The van der Waals surface area contributed by atoms with E-state index in [0.717, 1.165) is 71.5 Å². The lowest BCUT2D eigenvalue weighted by Crippen LogP contribution is -2.25. The molecule has 6 nitrogen and oxygen atoms in total. The van der Waals surface area contributed by atoms with Gasteiger partial charge in [0.05, 0.1) is 18.7 Å². The van der Waals surface area contributed by atoms with E-state index in [1.165, 1.54) is 0 Å². The predicted molar refractivity (Wildman–Crippen MR) is 146 cm³/mol. The Hall–Kier alpha value is -3.54. The Kier molecular flexibility index (Phi) is 7.59. The van der Waals surface area contributed by atoms with Gasteiger partial charge in [-0.2, -0.15) is 0 Å². The molecule has 1 aliphatic carbocycles. The number of carbonyl (C=O) groups is 1. The molecule has 0 radical (unpaired) electrons. The van der Waals surface area contributed by atoms with Crippen LogP contribution in [-0.4, -0.2) is 30.0 Å².